The van der Waals surface area contributed by atoms with E-state index in [-0.39, 0.29) is 45.9 Å². The molecule has 6 rings (SSSR count). The van der Waals surface area contributed by atoms with E-state index in [1.54, 1.807) is 30.5 Å². The molecule has 0 bridgehead atoms. The molecule has 4 aromatic heterocycles. The molecule has 2 aliphatic rings. The van der Waals surface area contributed by atoms with Gasteiger partial charge in [-0.15, -0.1) is 51.3 Å². The number of carbonyl (C=O) groups excluding carboxylic acids is 3. The molecule has 0 radical (unpaired) electrons. The maximum Gasteiger partial charge on any atom is 0.375 e. The smallest absolute Gasteiger partial charge is 0.375 e. The van der Waals surface area contributed by atoms with Crippen molar-refractivity contribution >= 4 is 92.5 Å². The van der Waals surface area contributed by atoms with Gasteiger partial charge in [0, 0.05) is 27.5 Å². The Kier molecular flexibility index (Phi) is 8.94. The lowest BCUT2D eigenvalue weighted by atomic mass is 10.0. The first-order valence-electron chi connectivity index (χ1n) is 13.3. The minimum atomic E-state index is -1.33. The van der Waals surface area contributed by atoms with E-state index in [2.05, 4.69) is 30.5 Å². The van der Waals surface area contributed by atoms with Crippen molar-refractivity contribution in [3.8, 4) is 0 Å². The van der Waals surface area contributed by atoms with Crippen LogP contribution in [0.25, 0.3) is 5.78 Å². The largest absolute Gasteiger partial charge is 0.477 e. The Morgan fingerprint density at radius 2 is 2.00 bits per heavy atom. The fraction of sp³-hybridized carbons (Fsp3) is 0.231. The molecular formula is C26H21N9O8S4. The summed E-state index contributed by atoms with van der Waals surface area (Å²) < 4.78 is 1.26. The van der Waals surface area contributed by atoms with E-state index in [1.807, 2.05) is 0 Å². The van der Waals surface area contributed by atoms with Gasteiger partial charge in [0.2, 0.25) is 0 Å². The number of nitrogens with zero attached hydrogens (tertiary/aromatic N) is 7. The Hall–Kier alpha value is -4.86. The SMILES string of the molecule is Cc1cc(SCC2=C(C(=O)O)N3C(=O)[C@@H](NC(=O)/C(=N\OC(=O)Cc4cccs4)c4csc(N)n4)[C@H]3SC2)n2nc(C(=O)O)nc2n1. The number of carboxylic acids is 2. The second-order valence-electron chi connectivity index (χ2n) is 9.83. The molecule has 0 aromatic carbocycles. The van der Waals surface area contributed by atoms with Crippen LogP contribution >= 0.6 is 46.2 Å². The van der Waals surface area contributed by atoms with Gasteiger partial charge in [0.15, 0.2) is 10.8 Å². The van der Waals surface area contributed by atoms with Crippen molar-refractivity contribution in [1.82, 2.24) is 34.8 Å². The normalized spacial score (nSPS) is 17.8. The van der Waals surface area contributed by atoms with Crippen LogP contribution in [0.5, 0.6) is 0 Å². The van der Waals surface area contributed by atoms with E-state index in [9.17, 15) is 34.2 Å². The molecule has 242 valence electrons. The zero-order valence-corrected chi connectivity index (χ0v) is 27.1. The van der Waals surface area contributed by atoms with Crippen LogP contribution in [0.15, 0.2) is 50.4 Å². The van der Waals surface area contributed by atoms with Crippen LogP contribution in [0.4, 0.5) is 5.13 Å². The molecule has 6 heterocycles. The molecule has 0 saturated carbocycles. The first-order valence-corrected chi connectivity index (χ1v) is 17.1. The molecule has 2 amide bonds. The summed E-state index contributed by atoms with van der Waals surface area (Å²) in [5.74, 6) is -4.92. The summed E-state index contributed by atoms with van der Waals surface area (Å²) in [6, 6.07) is 4.08. The van der Waals surface area contributed by atoms with E-state index < -0.39 is 47.0 Å². The summed E-state index contributed by atoms with van der Waals surface area (Å²) >= 11 is 4.82. The van der Waals surface area contributed by atoms with Crippen LogP contribution in [0.3, 0.4) is 0 Å². The molecule has 4 aromatic rings. The summed E-state index contributed by atoms with van der Waals surface area (Å²) in [7, 11) is 0. The summed E-state index contributed by atoms with van der Waals surface area (Å²) in [4.78, 5) is 81.7. The van der Waals surface area contributed by atoms with Crippen molar-refractivity contribution in [2.75, 3.05) is 17.2 Å². The summed E-state index contributed by atoms with van der Waals surface area (Å²) in [6.45, 7) is 1.70. The summed E-state index contributed by atoms with van der Waals surface area (Å²) in [5, 5.41) is 32.8. The fourth-order valence-corrected chi connectivity index (χ4v) is 8.37. The van der Waals surface area contributed by atoms with Gasteiger partial charge in [0.05, 0.1) is 6.42 Å². The number of fused-ring (bicyclic) bond motifs is 2. The Bertz CT molecular complexity index is 2010. The van der Waals surface area contributed by atoms with Crippen molar-refractivity contribution in [1.29, 1.82) is 0 Å². The van der Waals surface area contributed by atoms with E-state index in [4.69, 9.17) is 10.6 Å². The predicted molar refractivity (Wildman–Crippen MR) is 170 cm³/mol. The molecule has 2 atom stereocenters. The first kappa shape index (κ1) is 32.1. The zero-order valence-electron chi connectivity index (χ0n) is 23.8. The minimum Gasteiger partial charge on any atom is -0.477 e. The number of nitrogens with one attached hydrogen (secondary N) is 1. The van der Waals surface area contributed by atoms with Gasteiger partial charge in [-0.2, -0.15) is 9.50 Å². The number of anilines is 1. The Morgan fingerprint density at radius 3 is 2.68 bits per heavy atom. The number of hydrogen-bond donors (Lipinski definition) is 4. The van der Waals surface area contributed by atoms with Crippen molar-refractivity contribution < 1.29 is 39.0 Å². The lowest BCUT2D eigenvalue weighted by Crippen LogP contribution is -2.71. The molecule has 0 spiro atoms. The van der Waals surface area contributed by atoms with Crippen LogP contribution in [0.1, 0.15) is 26.9 Å². The van der Waals surface area contributed by atoms with Gasteiger partial charge < -0.3 is 26.1 Å². The number of thiophene rings is 1. The molecule has 5 N–H and O–H groups in total. The number of amides is 2. The van der Waals surface area contributed by atoms with Gasteiger partial charge in [-0.3, -0.25) is 14.5 Å². The number of β-lactam (4-membered cyclic amide) rings is 1. The number of nitrogen functional groups attached to an aromatic ring is 1. The molecule has 1 saturated heterocycles. The number of thiazole rings is 1. The summed E-state index contributed by atoms with van der Waals surface area (Å²) in [5.41, 5.74) is 6.14. The minimum absolute atomic E-state index is 0.0302. The van der Waals surface area contributed by atoms with E-state index >= 15 is 0 Å². The number of aliphatic carboxylic acids is 1. The zero-order chi connectivity index (χ0) is 33.4. The second kappa shape index (κ2) is 13.1. The van der Waals surface area contributed by atoms with Crippen molar-refractivity contribution in [2.45, 2.75) is 29.8 Å². The number of rotatable bonds is 11. The van der Waals surface area contributed by atoms with Gasteiger partial charge in [-0.1, -0.05) is 11.2 Å². The number of aryl methyl sites for hydroxylation is 1. The molecule has 21 heteroatoms. The number of nitrogens with two attached hydrogens (primary N) is 1. The highest BCUT2D eigenvalue weighted by atomic mass is 32.2. The van der Waals surface area contributed by atoms with Gasteiger partial charge in [-0.25, -0.2) is 24.4 Å². The molecule has 2 aliphatic heterocycles. The maximum atomic E-state index is 13.3. The highest BCUT2D eigenvalue weighted by molar-refractivity contribution is 8.01. The van der Waals surface area contributed by atoms with Crippen LogP contribution in [-0.4, -0.2) is 98.0 Å². The van der Waals surface area contributed by atoms with Crippen molar-refractivity contribution in [3.05, 3.63) is 62.3 Å². The third-order valence-electron chi connectivity index (χ3n) is 6.65. The van der Waals surface area contributed by atoms with Crippen LogP contribution < -0.4 is 11.1 Å². The number of aromatic nitrogens is 5. The second-order valence-corrected chi connectivity index (χ2v) is 13.8. The van der Waals surface area contributed by atoms with Gasteiger partial charge in [-0.05, 0) is 30.0 Å². The maximum absolute atomic E-state index is 13.3. The quantitative estimate of drug-likeness (QED) is 0.0426. The van der Waals surface area contributed by atoms with E-state index in [0.717, 1.165) is 21.1 Å². The fourth-order valence-electron chi connectivity index (χ4n) is 4.60. The van der Waals surface area contributed by atoms with E-state index in [1.165, 1.54) is 44.8 Å². The topological polar surface area (TPSA) is 245 Å². The summed E-state index contributed by atoms with van der Waals surface area (Å²) in [6.07, 6.45) is -0.0666. The third-order valence-corrected chi connectivity index (χ3v) is 10.6. The highest BCUT2D eigenvalue weighted by Gasteiger charge is 2.54. The standard InChI is InChI=1S/C26H21N9O8S4/c1-10-5-14(35-26(28-10)31-19(32-35)24(41)42)45-7-11-8-46-22-17(21(38)34(22)18(11)23(39)40)30-20(37)16(13-9-47-25(27)29-13)33-43-15(36)6-12-3-2-4-44-12/h2-5,9,17,22H,6-8H2,1H3,(H2,27,29)(H,30,37)(H,39,40)(H,41,42)/b33-16-/t17-,22-/m1/s1. The number of aromatic carboxylic acids is 1. The van der Waals surface area contributed by atoms with Gasteiger partial charge in [0.25, 0.3) is 23.4 Å². The van der Waals surface area contributed by atoms with Crippen LogP contribution in [0.2, 0.25) is 0 Å². The van der Waals surface area contributed by atoms with Gasteiger partial charge >= 0.3 is 17.9 Å². The number of carbonyl (C=O) groups is 5. The van der Waals surface area contributed by atoms with Crippen LogP contribution in [-0.2, 0) is 30.4 Å². The lowest BCUT2D eigenvalue weighted by Gasteiger charge is -2.49. The number of oxime groups is 1. The van der Waals surface area contributed by atoms with E-state index in [0.29, 0.717) is 16.3 Å². The number of carboxylic acid groups (broad SMARTS) is 2. The lowest BCUT2D eigenvalue weighted by molar-refractivity contribution is -0.150. The molecule has 1 fully saturated rings. The van der Waals surface area contributed by atoms with Gasteiger partial charge in [0.1, 0.15) is 27.8 Å². The average Bonchev–Trinajstić information content (AvgIpc) is 3.80. The molecule has 47 heavy (non-hydrogen) atoms. The Morgan fingerprint density at radius 1 is 1.19 bits per heavy atom. The average molecular weight is 716 g/mol. The highest BCUT2D eigenvalue weighted by Crippen LogP contribution is 2.41. The Balaban J connectivity index is 1.18. The predicted octanol–water partition coefficient (Wildman–Crippen LogP) is 1.25. The van der Waals surface area contributed by atoms with Crippen LogP contribution in [0, 0.1) is 6.92 Å². The number of hydrogen-bond acceptors (Lipinski definition) is 16. The number of thioether (sulfide) groups is 2. The molecular weight excluding hydrogens is 695 g/mol. The third kappa shape index (κ3) is 6.54. The monoisotopic (exact) mass is 715 g/mol. The molecule has 0 unspecified atom stereocenters. The molecule has 17 nitrogen and oxygen atoms in total. The Labute approximate surface area is 279 Å². The molecule has 0 aliphatic carbocycles. The van der Waals surface area contributed by atoms with Crippen molar-refractivity contribution in [3.63, 3.8) is 0 Å². The first-order chi connectivity index (χ1) is 22.5. The van der Waals surface area contributed by atoms with Crippen molar-refractivity contribution in [2.24, 2.45) is 5.16 Å².